The summed E-state index contributed by atoms with van der Waals surface area (Å²) in [6, 6.07) is 15.1. The average Bonchev–Trinajstić information content (AvgIpc) is 2.84. The van der Waals surface area contributed by atoms with Crippen LogP contribution in [0.5, 0.6) is 0 Å². The molecule has 0 unspecified atom stereocenters. The Morgan fingerprint density at radius 2 is 1.18 bits per heavy atom. The normalized spacial score (nSPS) is 19.5. The number of hydrogen-bond donors (Lipinski definition) is 0. The van der Waals surface area contributed by atoms with E-state index in [0.29, 0.717) is 39.0 Å². The van der Waals surface area contributed by atoms with Crippen LogP contribution in [0.3, 0.4) is 0 Å². The Balaban J connectivity index is 1.32. The first-order valence-corrected chi connectivity index (χ1v) is 14.0. The summed E-state index contributed by atoms with van der Waals surface area (Å²) < 4.78 is 54.2. The Hall–Kier alpha value is -2.27. The van der Waals surface area contributed by atoms with Crippen LogP contribution in [0, 0.1) is 12.8 Å². The lowest BCUT2D eigenvalue weighted by molar-refractivity contribution is -0.137. The van der Waals surface area contributed by atoms with Gasteiger partial charge < -0.3 is 4.90 Å². The van der Waals surface area contributed by atoms with Crippen molar-refractivity contribution in [2.24, 2.45) is 5.92 Å². The zero-order valence-electron chi connectivity index (χ0n) is 18.6. The van der Waals surface area contributed by atoms with Crippen molar-refractivity contribution in [3.8, 4) is 0 Å². The summed E-state index contributed by atoms with van der Waals surface area (Å²) in [5.74, 6) is -0.258. The molecule has 1 amide bonds. The number of sulfonamides is 2. The van der Waals surface area contributed by atoms with Gasteiger partial charge in [0.25, 0.3) is 0 Å². The lowest BCUT2D eigenvalue weighted by Gasteiger charge is -2.37. The highest BCUT2D eigenvalue weighted by Crippen LogP contribution is 2.26. The molecule has 2 fully saturated rings. The van der Waals surface area contributed by atoms with Crippen molar-refractivity contribution in [3.63, 3.8) is 0 Å². The molecule has 0 bridgehead atoms. The standard InChI is InChI=1S/C23H29N3O5S2/c1-19-7-9-22(10-8-19)33(30,31)25-13-11-20(12-14-25)23(27)24-15-17-26(18-16-24)32(28,29)21-5-3-2-4-6-21/h2-10,20H,11-18H2,1H3. The van der Waals surface area contributed by atoms with Crippen molar-refractivity contribution in [1.29, 1.82) is 0 Å². The van der Waals surface area contributed by atoms with Crippen LogP contribution in [0.25, 0.3) is 0 Å². The SMILES string of the molecule is Cc1ccc(S(=O)(=O)N2CCC(C(=O)N3CCN(S(=O)(=O)c4ccccc4)CC3)CC2)cc1. The minimum absolute atomic E-state index is 0.0147. The summed E-state index contributed by atoms with van der Waals surface area (Å²) >= 11 is 0. The summed E-state index contributed by atoms with van der Waals surface area (Å²) in [6.07, 6.45) is 0.929. The number of rotatable bonds is 5. The molecule has 10 heteroatoms. The number of amides is 1. The lowest BCUT2D eigenvalue weighted by Crippen LogP contribution is -2.53. The third-order valence-electron chi connectivity index (χ3n) is 6.39. The Morgan fingerprint density at radius 1 is 0.697 bits per heavy atom. The summed E-state index contributed by atoms with van der Waals surface area (Å²) in [5, 5.41) is 0. The first-order chi connectivity index (χ1) is 15.7. The van der Waals surface area contributed by atoms with E-state index in [1.165, 1.54) is 8.61 Å². The molecule has 0 atom stereocenters. The fraction of sp³-hybridized carbons (Fsp3) is 0.435. The van der Waals surface area contributed by atoms with E-state index in [-0.39, 0.29) is 34.7 Å². The number of carbonyl (C=O) groups is 1. The molecule has 0 aromatic heterocycles. The Kier molecular flexibility index (Phi) is 6.90. The zero-order chi connectivity index (χ0) is 23.6. The van der Waals surface area contributed by atoms with Crippen molar-refractivity contribution in [3.05, 3.63) is 60.2 Å². The van der Waals surface area contributed by atoms with Crippen molar-refractivity contribution in [2.45, 2.75) is 29.6 Å². The summed E-state index contributed by atoms with van der Waals surface area (Å²) in [4.78, 5) is 15.3. The number of piperazine rings is 1. The molecule has 2 aromatic carbocycles. The topological polar surface area (TPSA) is 95.1 Å². The zero-order valence-corrected chi connectivity index (χ0v) is 20.3. The molecule has 2 saturated heterocycles. The van der Waals surface area contributed by atoms with E-state index in [9.17, 15) is 21.6 Å². The molecule has 2 aliphatic rings. The van der Waals surface area contributed by atoms with E-state index in [1.54, 1.807) is 59.5 Å². The minimum atomic E-state index is -3.57. The molecule has 2 heterocycles. The third-order valence-corrected chi connectivity index (χ3v) is 10.2. The second-order valence-corrected chi connectivity index (χ2v) is 12.4. The van der Waals surface area contributed by atoms with Crippen molar-refractivity contribution in [1.82, 2.24) is 13.5 Å². The maximum absolute atomic E-state index is 13.0. The van der Waals surface area contributed by atoms with Gasteiger partial charge >= 0.3 is 0 Å². The van der Waals surface area contributed by atoms with Gasteiger partial charge in [-0.05, 0) is 44.0 Å². The molecule has 2 aliphatic heterocycles. The van der Waals surface area contributed by atoms with Crippen LogP contribution in [0.1, 0.15) is 18.4 Å². The quantitative estimate of drug-likeness (QED) is 0.637. The van der Waals surface area contributed by atoms with Gasteiger partial charge in [-0.25, -0.2) is 16.8 Å². The molecule has 178 valence electrons. The van der Waals surface area contributed by atoms with Crippen LogP contribution < -0.4 is 0 Å². The van der Waals surface area contributed by atoms with Crippen LogP contribution in [-0.4, -0.2) is 75.5 Å². The minimum Gasteiger partial charge on any atom is -0.340 e. The maximum atomic E-state index is 13.0. The smallest absolute Gasteiger partial charge is 0.243 e. The van der Waals surface area contributed by atoms with Gasteiger partial charge in [-0.1, -0.05) is 35.9 Å². The number of benzene rings is 2. The Morgan fingerprint density at radius 3 is 1.73 bits per heavy atom. The van der Waals surface area contributed by atoms with Gasteiger partial charge in [0.1, 0.15) is 0 Å². The number of nitrogens with zero attached hydrogens (tertiary/aromatic N) is 3. The molecule has 0 N–H and O–H groups in total. The third kappa shape index (κ3) is 4.98. The second kappa shape index (κ2) is 9.54. The summed E-state index contributed by atoms with van der Waals surface area (Å²) in [6.45, 7) is 3.70. The van der Waals surface area contributed by atoms with Crippen molar-refractivity contribution < 1.29 is 21.6 Å². The van der Waals surface area contributed by atoms with Gasteiger partial charge in [-0.3, -0.25) is 4.79 Å². The molecule has 33 heavy (non-hydrogen) atoms. The lowest BCUT2D eigenvalue weighted by atomic mass is 9.96. The van der Waals surface area contributed by atoms with Gasteiger partial charge in [0.2, 0.25) is 26.0 Å². The number of aryl methyl sites for hydroxylation is 1. The Labute approximate surface area is 195 Å². The second-order valence-electron chi connectivity index (χ2n) is 8.53. The fourth-order valence-electron chi connectivity index (χ4n) is 4.35. The molecular formula is C23H29N3O5S2. The molecule has 2 aromatic rings. The number of piperidine rings is 1. The van der Waals surface area contributed by atoms with E-state index < -0.39 is 20.0 Å². The highest BCUT2D eigenvalue weighted by molar-refractivity contribution is 7.89. The van der Waals surface area contributed by atoms with Crippen LogP contribution in [0.15, 0.2) is 64.4 Å². The predicted octanol–water partition coefficient (Wildman–Crippen LogP) is 1.93. The largest absolute Gasteiger partial charge is 0.340 e. The number of carbonyl (C=O) groups excluding carboxylic acids is 1. The van der Waals surface area contributed by atoms with Crippen LogP contribution >= 0.6 is 0 Å². The molecule has 0 saturated carbocycles. The summed E-state index contributed by atoms with van der Waals surface area (Å²) in [7, 11) is -7.13. The highest BCUT2D eigenvalue weighted by Gasteiger charge is 2.36. The van der Waals surface area contributed by atoms with Crippen molar-refractivity contribution in [2.75, 3.05) is 39.3 Å². The average molecular weight is 492 g/mol. The van der Waals surface area contributed by atoms with E-state index in [1.807, 2.05) is 6.92 Å². The molecular weight excluding hydrogens is 462 g/mol. The monoisotopic (exact) mass is 491 g/mol. The summed E-state index contributed by atoms with van der Waals surface area (Å²) in [5.41, 5.74) is 0.995. The van der Waals surface area contributed by atoms with Crippen LogP contribution in [0.2, 0.25) is 0 Å². The molecule has 4 rings (SSSR count). The van der Waals surface area contributed by atoms with Gasteiger partial charge in [0, 0.05) is 45.2 Å². The van der Waals surface area contributed by atoms with Gasteiger partial charge in [0.15, 0.2) is 0 Å². The first-order valence-electron chi connectivity index (χ1n) is 11.1. The van der Waals surface area contributed by atoms with Crippen molar-refractivity contribution >= 4 is 26.0 Å². The Bertz CT molecular complexity index is 1180. The van der Waals surface area contributed by atoms with E-state index in [0.717, 1.165) is 5.56 Å². The predicted molar refractivity (Wildman–Crippen MR) is 124 cm³/mol. The van der Waals surface area contributed by atoms with E-state index >= 15 is 0 Å². The van der Waals surface area contributed by atoms with E-state index in [2.05, 4.69) is 0 Å². The van der Waals surface area contributed by atoms with Crippen LogP contribution in [-0.2, 0) is 24.8 Å². The highest BCUT2D eigenvalue weighted by atomic mass is 32.2. The first kappa shape index (κ1) is 23.9. The van der Waals surface area contributed by atoms with Gasteiger partial charge in [-0.2, -0.15) is 8.61 Å². The van der Waals surface area contributed by atoms with Gasteiger partial charge in [-0.15, -0.1) is 0 Å². The van der Waals surface area contributed by atoms with Gasteiger partial charge in [0.05, 0.1) is 9.79 Å². The molecule has 0 aliphatic carbocycles. The molecule has 0 spiro atoms. The molecule has 0 radical (unpaired) electrons. The van der Waals surface area contributed by atoms with Crippen LogP contribution in [0.4, 0.5) is 0 Å². The maximum Gasteiger partial charge on any atom is 0.243 e. The van der Waals surface area contributed by atoms with E-state index in [4.69, 9.17) is 0 Å². The fourth-order valence-corrected chi connectivity index (χ4v) is 7.26. The number of hydrogen-bond acceptors (Lipinski definition) is 5. The molecule has 8 nitrogen and oxygen atoms in total.